The maximum atomic E-state index is 9.76. The summed E-state index contributed by atoms with van der Waals surface area (Å²) in [6.07, 6.45) is 5.99. The molecular weight excluding hydrogens is 280 g/mol. The van der Waals surface area contributed by atoms with Crippen molar-refractivity contribution in [3.63, 3.8) is 0 Å². The second kappa shape index (κ2) is 9.66. The first-order valence-electron chi connectivity index (χ1n) is 8.26. The molecule has 0 aromatic heterocycles. The average Bonchev–Trinajstić information content (AvgIpc) is 2.55. The van der Waals surface area contributed by atoms with E-state index in [0.29, 0.717) is 25.7 Å². The van der Waals surface area contributed by atoms with Gasteiger partial charge in [0.2, 0.25) is 0 Å². The molecule has 1 atom stereocenters. The Labute approximate surface area is 132 Å². The highest BCUT2D eigenvalue weighted by Crippen LogP contribution is 2.24. The van der Waals surface area contributed by atoms with Crippen LogP contribution in [0.3, 0.4) is 0 Å². The second-order valence-electron chi connectivity index (χ2n) is 5.81. The number of ether oxygens (including phenoxy) is 2. The van der Waals surface area contributed by atoms with Gasteiger partial charge < -0.3 is 25.6 Å². The van der Waals surface area contributed by atoms with Crippen LogP contribution in [0.2, 0.25) is 0 Å². The summed E-state index contributed by atoms with van der Waals surface area (Å²) >= 11 is 0. The van der Waals surface area contributed by atoms with E-state index in [1.807, 2.05) is 24.3 Å². The molecule has 1 aromatic rings. The van der Waals surface area contributed by atoms with Crippen LogP contribution < -0.4 is 20.5 Å². The Kier molecular flexibility index (Phi) is 7.49. The number of hydrogen-bond donors (Lipinski definition) is 3. The van der Waals surface area contributed by atoms with Crippen molar-refractivity contribution >= 4 is 0 Å². The Morgan fingerprint density at radius 2 is 1.82 bits per heavy atom. The lowest BCUT2D eigenvalue weighted by Crippen LogP contribution is -2.34. The lowest BCUT2D eigenvalue weighted by Gasteiger charge is -2.23. The smallest absolute Gasteiger partial charge is 0.119 e. The van der Waals surface area contributed by atoms with Crippen LogP contribution in [0.5, 0.6) is 11.5 Å². The van der Waals surface area contributed by atoms with Crippen LogP contribution in [-0.4, -0.2) is 43.6 Å². The normalized spacial score (nSPS) is 17.2. The van der Waals surface area contributed by atoms with Crippen molar-refractivity contribution in [1.29, 1.82) is 0 Å². The van der Waals surface area contributed by atoms with E-state index in [2.05, 4.69) is 5.32 Å². The van der Waals surface area contributed by atoms with E-state index in [9.17, 15) is 5.11 Å². The molecule has 0 spiro atoms. The quantitative estimate of drug-likeness (QED) is 0.605. The van der Waals surface area contributed by atoms with E-state index in [1.165, 1.54) is 19.3 Å². The van der Waals surface area contributed by atoms with Gasteiger partial charge >= 0.3 is 0 Å². The summed E-state index contributed by atoms with van der Waals surface area (Å²) in [4.78, 5) is 0. The summed E-state index contributed by atoms with van der Waals surface area (Å²) in [5, 5.41) is 12.8. The first-order valence-corrected chi connectivity index (χ1v) is 8.26. The molecule has 1 aromatic carbocycles. The van der Waals surface area contributed by atoms with Gasteiger partial charge in [0.25, 0.3) is 0 Å². The molecule has 124 valence electrons. The van der Waals surface area contributed by atoms with Crippen LogP contribution in [-0.2, 0) is 0 Å². The predicted molar refractivity (Wildman–Crippen MR) is 87.4 cm³/mol. The molecule has 0 radical (unpaired) electrons. The van der Waals surface area contributed by atoms with Gasteiger partial charge in [-0.15, -0.1) is 0 Å². The SMILES string of the molecule is NCCNCC(O)COc1ccc(OC2CCCCC2)cc1. The third-order valence-electron chi connectivity index (χ3n) is 3.82. The zero-order chi connectivity index (χ0) is 15.6. The predicted octanol–water partition coefficient (Wildman–Crippen LogP) is 1.69. The first kappa shape index (κ1) is 17.1. The van der Waals surface area contributed by atoms with Crippen LogP contribution in [0.1, 0.15) is 32.1 Å². The van der Waals surface area contributed by atoms with Gasteiger partial charge in [0, 0.05) is 19.6 Å². The minimum absolute atomic E-state index is 0.264. The molecule has 1 unspecified atom stereocenters. The monoisotopic (exact) mass is 308 g/mol. The van der Waals surface area contributed by atoms with E-state index in [0.717, 1.165) is 24.3 Å². The molecular formula is C17H28N2O3. The maximum Gasteiger partial charge on any atom is 0.119 e. The molecule has 5 nitrogen and oxygen atoms in total. The van der Waals surface area contributed by atoms with Gasteiger partial charge in [-0.2, -0.15) is 0 Å². The number of nitrogens with one attached hydrogen (secondary N) is 1. The fourth-order valence-corrected chi connectivity index (χ4v) is 2.61. The highest BCUT2D eigenvalue weighted by atomic mass is 16.5. The molecule has 1 aliphatic rings. The van der Waals surface area contributed by atoms with Gasteiger partial charge in [0.1, 0.15) is 24.2 Å². The molecule has 0 saturated heterocycles. The van der Waals surface area contributed by atoms with Crippen LogP contribution in [0, 0.1) is 0 Å². The number of aliphatic hydroxyl groups excluding tert-OH is 1. The Morgan fingerprint density at radius 1 is 1.14 bits per heavy atom. The van der Waals surface area contributed by atoms with E-state index >= 15 is 0 Å². The van der Waals surface area contributed by atoms with E-state index in [1.54, 1.807) is 0 Å². The van der Waals surface area contributed by atoms with Crippen molar-refractivity contribution in [3.05, 3.63) is 24.3 Å². The summed E-state index contributed by atoms with van der Waals surface area (Å²) < 4.78 is 11.5. The molecule has 1 saturated carbocycles. The molecule has 0 aliphatic heterocycles. The van der Waals surface area contributed by atoms with Crippen LogP contribution >= 0.6 is 0 Å². The van der Waals surface area contributed by atoms with Crippen LogP contribution in [0.15, 0.2) is 24.3 Å². The number of aliphatic hydroxyl groups is 1. The third kappa shape index (κ3) is 6.22. The van der Waals surface area contributed by atoms with Gasteiger partial charge in [0.15, 0.2) is 0 Å². The van der Waals surface area contributed by atoms with Crippen molar-refractivity contribution in [2.45, 2.75) is 44.3 Å². The summed E-state index contributed by atoms with van der Waals surface area (Å²) in [6, 6.07) is 7.64. The summed E-state index contributed by atoms with van der Waals surface area (Å²) in [5.74, 6) is 1.64. The fourth-order valence-electron chi connectivity index (χ4n) is 2.61. The Bertz CT molecular complexity index is 405. The topological polar surface area (TPSA) is 76.7 Å². The highest BCUT2D eigenvalue weighted by molar-refractivity contribution is 5.31. The molecule has 1 aliphatic carbocycles. The highest BCUT2D eigenvalue weighted by Gasteiger charge is 2.14. The van der Waals surface area contributed by atoms with Crippen molar-refractivity contribution in [1.82, 2.24) is 5.32 Å². The zero-order valence-corrected chi connectivity index (χ0v) is 13.2. The average molecular weight is 308 g/mol. The number of hydrogen-bond acceptors (Lipinski definition) is 5. The standard InChI is InChI=1S/C17H28N2O3/c18-10-11-19-12-14(20)13-21-15-6-8-17(9-7-15)22-16-4-2-1-3-5-16/h6-9,14,16,19-20H,1-5,10-13,18H2. The Morgan fingerprint density at radius 3 is 2.50 bits per heavy atom. The van der Waals surface area contributed by atoms with Crippen LogP contribution in [0.4, 0.5) is 0 Å². The van der Waals surface area contributed by atoms with Crippen molar-refractivity contribution < 1.29 is 14.6 Å². The minimum Gasteiger partial charge on any atom is -0.491 e. The first-order chi connectivity index (χ1) is 10.8. The van der Waals surface area contributed by atoms with Crippen molar-refractivity contribution in [2.24, 2.45) is 5.73 Å². The van der Waals surface area contributed by atoms with Gasteiger partial charge in [0.05, 0.1) is 6.10 Å². The molecule has 0 heterocycles. The molecule has 0 amide bonds. The van der Waals surface area contributed by atoms with Gasteiger partial charge in [-0.1, -0.05) is 6.42 Å². The van der Waals surface area contributed by atoms with Crippen molar-refractivity contribution in [2.75, 3.05) is 26.2 Å². The van der Waals surface area contributed by atoms with E-state index in [-0.39, 0.29) is 6.61 Å². The largest absolute Gasteiger partial charge is 0.491 e. The van der Waals surface area contributed by atoms with Gasteiger partial charge in [-0.05, 0) is 49.9 Å². The lowest BCUT2D eigenvalue weighted by molar-refractivity contribution is 0.106. The molecule has 4 N–H and O–H groups in total. The van der Waals surface area contributed by atoms with Gasteiger partial charge in [-0.25, -0.2) is 0 Å². The molecule has 1 fully saturated rings. The molecule has 5 heteroatoms. The number of benzene rings is 1. The third-order valence-corrected chi connectivity index (χ3v) is 3.82. The Hall–Kier alpha value is -1.30. The molecule has 2 rings (SSSR count). The van der Waals surface area contributed by atoms with E-state index in [4.69, 9.17) is 15.2 Å². The van der Waals surface area contributed by atoms with Crippen molar-refractivity contribution in [3.8, 4) is 11.5 Å². The maximum absolute atomic E-state index is 9.76. The van der Waals surface area contributed by atoms with Crippen LogP contribution in [0.25, 0.3) is 0 Å². The summed E-state index contributed by atoms with van der Waals surface area (Å²) in [5.41, 5.74) is 5.37. The summed E-state index contributed by atoms with van der Waals surface area (Å²) in [7, 11) is 0. The van der Waals surface area contributed by atoms with E-state index < -0.39 is 6.10 Å². The summed E-state index contributed by atoms with van der Waals surface area (Å²) in [6.45, 7) is 2.01. The molecule has 0 bridgehead atoms. The van der Waals surface area contributed by atoms with Gasteiger partial charge in [-0.3, -0.25) is 0 Å². The Balaban J connectivity index is 1.69. The number of nitrogens with two attached hydrogens (primary N) is 1. The number of rotatable bonds is 9. The lowest BCUT2D eigenvalue weighted by atomic mass is 9.98. The molecule has 22 heavy (non-hydrogen) atoms. The zero-order valence-electron chi connectivity index (χ0n) is 13.2. The fraction of sp³-hybridized carbons (Fsp3) is 0.647. The minimum atomic E-state index is -0.537. The second-order valence-corrected chi connectivity index (χ2v) is 5.81.